The highest BCUT2D eigenvalue weighted by Crippen LogP contribution is 2.39. The second-order valence-electron chi connectivity index (χ2n) is 9.95. The van der Waals surface area contributed by atoms with Gasteiger partial charge in [0.15, 0.2) is 0 Å². The minimum atomic E-state index is -0.0412. The monoisotopic (exact) mass is 498 g/mol. The summed E-state index contributed by atoms with van der Waals surface area (Å²) in [6.45, 7) is 0. The van der Waals surface area contributed by atoms with Crippen LogP contribution >= 0.6 is 0 Å². The smallest absolute Gasteiger partial charge is 0.264 e. The van der Waals surface area contributed by atoms with Gasteiger partial charge in [-0.25, -0.2) is 4.98 Å². The van der Waals surface area contributed by atoms with Crippen molar-refractivity contribution in [1.82, 2.24) is 9.38 Å². The van der Waals surface area contributed by atoms with Gasteiger partial charge >= 0.3 is 0 Å². The van der Waals surface area contributed by atoms with Crippen molar-refractivity contribution >= 4 is 38.2 Å². The van der Waals surface area contributed by atoms with Crippen molar-refractivity contribution < 1.29 is 0 Å². The summed E-state index contributed by atoms with van der Waals surface area (Å²) in [6.07, 6.45) is 0. The molecule has 3 heteroatoms. The van der Waals surface area contributed by atoms with E-state index in [1.165, 1.54) is 0 Å². The van der Waals surface area contributed by atoms with Gasteiger partial charge < -0.3 is 0 Å². The van der Waals surface area contributed by atoms with Gasteiger partial charge in [0.05, 0.1) is 11.0 Å². The molecule has 0 saturated heterocycles. The molecular weight excluding hydrogens is 476 g/mol. The van der Waals surface area contributed by atoms with Gasteiger partial charge in [-0.2, -0.15) is 0 Å². The van der Waals surface area contributed by atoms with Crippen molar-refractivity contribution in [3.05, 3.63) is 144 Å². The van der Waals surface area contributed by atoms with E-state index in [2.05, 4.69) is 66.7 Å². The van der Waals surface area contributed by atoms with Crippen LogP contribution in [0.3, 0.4) is 0 Å². The summed E-state index contributed by atoms with van der Waals surface area (Å²) in [7, 11) is 0. The molecule has 6 aromatic carbocycles. The lowest BCUT2D eigenvalue weighted by Crippen LogP contribution is -2.13. The van der Waals surface area contributed by atoms with E-state index in [0.717, 1.165) is 60.6 Å². The van der Waals surface area contributed by atoms with Gasteiger partial charge in [-0.05, 0) is 57.5 Å². The van der Waals surface area contributed by atoms with Gasteiger partial charge in [0.1, 0.15) is 5.65 Å². The van der Waals surface area contributed by atoms with Crippen molar-refractivity contribution in [3.63, 3.8) is 0 Å². The number of fused-ring (bicyclic) bond motifs is 4. The second-order valence-corrected chi connectivity index (χ2v) is 9.95. The van der Waals surface area contributed by atoms with Crippen LogP contribution in [-0.4, -0.2) is 9.38 Å². The number of nitrogens with zero attached hydrogens (tertiary/aromatic N) is 2. The minimum Gasteiger partial charge on any atom is -0.268 e. The largest absolute Gasteiger partial charge is 0.268 e. The Hall–Kier alpha value is -5.28. The van der Waals surface area contributed by atoms with E-state index in [4.69, 9.17) is 4.98 Å². The first-order valence-corrected chi connectivity index (χ1v) is 13.1. The number of pyridine rings is 1. The van der Waals surface area contributed by atoms with Gasteiger partial charge in [-0.1, -0.05) is 109 Å². The normalized spacial score (nSPS) is 11.7. The number of benzene rings is 6. The highest BCUT2D eigenvalue weighted by molar-refractivity contribution is 6.19. The number of aromatic nitrogens is 2. The molecule has 0 aliphatic rings. The van der Waals surface area contributed by atoms with Gasteiger partial charge in [-0.15, -0.1) is 0 Å². The summed E-state index contributed by atoms with van der Waals surface area (Å²) < 4.78 is 1.83. The zero-order valence-electron chi connectivity index (χ0n) is 21.0. The van der Waals surface area contributed by atoms with Crippen LogP contribution in [0.1, 0.15) is 0 Å². The molecule has 2 aromatic heterocycles. The predicted molar refractivity (Wildman–Crippen MR) is 161 cm³/mol. The molecule has 3 nitrogen and oxygen atoms in total. The lowest BCUT2D eigenvalue weighted by Gasteiger charge is -2.12. The molecule has 0 fully saturated rings. The van der Waals surface area contributed by atoms with Crippen LogP contribution in [0, 0.1) is 0 Å². The molecule has 0 spiro atoms. The lowest BCUT2D eigenvalue weighted by molar-refractivity contribution is 1.19. The summed E-state index contributed by atoms with van der Waals surface area (Å²) in [6, 6.07) is 45.6. The fraction of sp³-hybridized carbons (Fsp3) is 0. The van der Waals surface area contributed by atoms with Crippen molar-refractivity contribution in [1.29, 1.82) is 0 Å². The zero-order valence-corrected chi connectivity index (χ0v) is 21.0. The van der Waals surface area contributed by atoms with Crippen molar-refractivity contribution in [3.8, 4) is 33.4 Å². The Morgan fingerprint density at radius 2 is 1.10 bits per heavy atom. The van der Waals surface area contributed by atoms with Crippen LogP contribution < -0.4 is 5.56 Å². The van der Waals surface area contributed by atoms with Crippen molar-refractivity contribution in [2.75, 3.05) is 0 Å². The van der Waals surface area contributed by atoms with Crippen LogP contribution in [0.15, 0.2) is 138 Å². The van der Waals surface area contributed by atoms with Gasteiger partial charge in [0.2, 0.25) is 0 Å². The fourth-order valence-electron chi connectivity index (χ4n) is 5.98. The molecule has 0 aliphatic carbocycles. The minimum absolute atomic E-state index is 0.0412. The molecule has 182 valence electrons. The molecule has 0 aliphatic heterocycles. The SMILES string of the molecule is O=c1c2cccc3c(-c4ccccc4)ccc(c32)c2nc3cc(-c4ccccc4)cc(-c4ccccc4)c3n12. The third-order valence-corrected chi connectivity index (χ3v) is 7.74. The molecule has 0 saturated carbocycles. The molecule has 0 N–H and O–H groups in total. The molecule has 0 bridgehead atoms. The third-order valence-electron chi connectivity index (χ3n) is 7.74. The molecular formula is C36H22N2O. The summed E-state index contributed by atoms with van der Waals surface area (Å²) in [4.78, 5) is 19.4. The standard InChI is InChI=1S/C36H22N2O/c39-36-30-18-10-17-28-27(24-13-6-2-7-14-24)19-20-29(33(28)30)35-37-32-22-26(23-11-4-1-5-12-23)21-31(34(32)38(35)36)25-15-8-3-9-16-25/h1-22H. The predicted octanol–water partition coefficient (Wildman–Crippen LogP) is 8.59. The highest BCUT2D eigenvalue weighted by Gasteiger charge is 2.21. The molecule has 8 aromatic rings. The van der Waals surface area contributed by atoms with E-state index in [1.54, 1.807) is 0 Å². The zero-order chi connectivity index (χ0) is 25.9. The Morgan fingerprint density at radius 1 is 0.487 bits per heavy atom. The maximum atomic E-state index is 14.3. The quantitative estimate of drug-likeness (QED) is 0.244. The molecule has 2 heterocycles. The van der Waals surface area contributed by atoms with E-state index >= 15 is 0 Å². The molecule has 0 amide bonds. The van der Waals surface area contributed by atoms with Crippen LogP contribution in [0.5, 0.6) is 0 Å². The van der Waals surface area contributed by atoms with Crippen LogP contribution in [-0.2, 0) is 0 Å². The highest BCUT2D eigenvalue weighted by atomic mass is 16.1. The molecule has 0 radical (unpaired) electrons. The first-order valence-electron chi connectivity index (χ1n) is 13.1. The Morgan fingerprint density at radius 3 is 1.79 bits per heavy atom. The Bertz CT molecular complexity index is 2220. The molecule has 8 rings (SSSR count). The van der Waals surface area contributed by atoms with E-state index in [1.807, 2.05) is 71.1 Å². The number of hydrogen-bond acceptors (Lipinski definition) is 2. The maximum absolute atomic E-state index is 14.3. The lowest BCUT2D eigenvalue weighted by atomic mass is 9.94. The number of rotatable bonds is 3. The Balaban J connectivity index is 1.54. The first kappa shape index (κ1) is 21.8. The van der Waals surface area contributed by atoms with Gasteiger partial charge in [-0.3, -0.25) is 9.20 Å². The van der Waals surface area contributed by atoms with Crippen molar-refractivity contribution in [2.45, 2.75) is 0 Å². The third kappa shape index (κ3) is 3.23. The molecule has 0 unspecified atom stereocenters. The summed E-state index contributed by atoms with van der Waals surface area (Å²) in [5, 5.41) is 3.72. The van der Waals surface area contributed by atoms with Crippen LogP contribution in [0.4, 0.5) is 0 Å². The average Bonchev–Trinajstić information content (AvgIpc) is 3.40. The average molecular weight is 499 g/mol. The Kier molecular flexibility index (Phi) is 4.67. The number of imidazole rings is 1. The van der Waals surface area contributed by atoms with Crippen molar-refractivity contribution in [2.24, 2.45) is 0 Å². The van der Waals surface area contributed by atoms with E-state index < -0.39 is 0 Å². The first-order chi connectivity index (χ1) is 19.3. The number of hydrogen-bond donors (Lipinski definition) is 0. The van der Waals surface area contributed by atoms with Crippen LogP contribution in [0.25, 0.3) is 71.6 Å². The van der Waals surface area contributed by atoms with E-state index in [0.29, 0.717) is 11.0 Å². The second kappa shape index (κ2) is 8.37. The summed E-state index contributed by atoms with van der Waals surface area (Å²) in [5.41, 5.74) is 8.80. The summed E-state index contributed by atoms with van der Waals surface area (Å²) >= 11 is 0. The Labute approximate surface area is 224 Å². The maximum Gasteiger partial charge on any atom is 0.264 e. The van der Waals surface area contributed by atoms with Gasteiger partial charge in [0, 0.05) is 21.7 Å². The molecule has 0 atom stereocenters. The van der Waals surface area contributed by atoms with E-state index in [-0.39, 0.29) is 5.56 Å². The van der Waals surface area contributed by atoms with E-state index in [9.17, 15) is 4.79 Å². The topological polar surface area (TPSA) is 34.4 Å². The van der Waals surface area contributed by atoms with Gasteiger partial charge in [0.25, 0.3) is 5.56 Å². The summed E-state index contributed by atoms with van der Waals surface area (Å²) in [5.74, 6) is 0. The fourth-order valence-corrected chi connectivity index (χ4v) is 5.98. The van der Waals surface area contributed by atoms with Crippen LogP contribution in [0.2, 0.25) is 0 Å². The molecule has 39 heavy (non-hydrogen) atoms.